The van der Waals surface area contributed by atoms with E-state index in [-0.39, 0.29) is 5.54 Å². The number of methoxy groups -OCH3 is 1. The Morgan fingerprint density at radius 2 is 2.08 bits per heavy atom. The van der Waals surface area contributed by atoms with E-state index in [1.165, 1.54) is 5.56 Å². The van der Waals surface area contributed by atoms with Gasteiger partial charge in [0, 0.05) is 22.3 Å². The zero-order valence-electron chi connectivity index (χ0n) is 15.4. The highest BCUT2D eigenvalue weighted by Crippen LogP contribution is 2.24. The Morgan fingerprint density at radius 1 is 1.36 bits per heavy atom. The van der Waals surface area contributed by atoms with E-state index in [0.29, 0.717) is 15.8 Å². The Balaban J connectivity index is 2.50. The van der Waals surface area contributed by atoms with E-state index in [0.717, 1.165) is 29.5 Å². The predicted octanol–water partition coefficient (Wildman–Crippen LogP) is 5.59. The summed E-state index contributed by atoms with van der Waals surface area (Å²) in [6, 6.07) is 5.42. The minimum Gasteiger partial charge on any atom is -0.496 e. The molecule has 0 unspecified atom stereocenters. The molecular formula is C19H25ClN2OS2. The molecule has 2 aromatic rings. The fourth-order valence-electron chi connectivity index (χ4n) is 2.34. The molecule has 0 atom stereocenters. The molecule has 0 aliphatic rings. The Labute approximate surface area is 164 Å². The molecule has 0 radical (unpaired) electrons. The van der Waals surface area contributed by atoms with Crippen molar-refractivity contribution < 1.29 is 4.74 Å². The number of aromatic nitrogens is 1. The van der Waals surface area contributed by atoms with Gasteiger partial charge in [0.2, 0.25) is 0 Å². The van der Waals surface area contributed by atoms with E-state index in [4.69, 9.17) is 33.5 Å². The first-order valence-corrected chi connectivity index (χ1v) is 9.97. The van der Waals surface area contributed by atoms with Crippen molar-refractivity contribution in [3.63, 3.8) is 0 Å². The van der Waals surface area contributed by atoms with Crippen LogP contribution in [0.4, 0.5) is 0 Å². The Bertz CT molecular complexity index is 816. The van der Waals surface area contributed by atoms with Crippen molar-refractivity contribution in [2.45, 2.75) is 52.5 Å². The molecule has 25 heavy (non-hydrogen) atoms. The van der Waals surface area contributed by atoms with Crippen molar-refractivity contribution in [1.82, 2.24) is 3.96 Å². The number of halogens is 1. The van der Waals surface area contributed by atoms with Crippen LogP contribution in [0.5, 0.6) is 5.75 Å². The first kappa shape index (κ1) is 20.1. The summed E-state index contributed by atoms with van der Waals surface area (Å²) in [5.41, 5.74) is 2.02. The molecule has 1 aromatic carbocycles. The van der Waals surface area contributed by atoms with Gasteiger partial charge in [0.25, 0.3) is 0 Å². The summed E-state index contributed by atoms with van der Waals surface area (Å²) in [7, 11) is 1.63. The quantitative estimate of drug-likeness (QED) is 0.616. The smallest absolute Gasteiger partial charge is 0.139 e. The molecule has 0 fully saturated rings. The van der Waals surface area contributed by atoms with Crippen molar-refractivity contribution in [3.8, 4) is 5.75 Å². The number of aryl methyl sites for hydroxylation is 1. The average Bonchev–Trinajstić information content (AvgIpc) is 2.95. The summed E-state index contributed by atoms with van der Waals surface area (Å²) < 4.78 is 8.62. The summed E-state index contributed by atoms with van der Waals surface area (Å²) in [4.78, 5) is 5.26. The molecule has 2 rings (SSSR count). The second kappa shape index (κ2) is 8.47. The summed E-state index contributed by atoms with van der Waals surface area (Å²) >= 11 is 13.4. The van der Waals surface area contributed by atoms with Gasteiger partial charge in [0.05, 0.1) is 12.7 Å². The number of hydrogen-bond donors (Lipinski definition) is 0. The molecule has 0 bridgehead atoms. The molecule has 0 saturated carbocycles. The molecule has 0 N–H and O–H groups in total. The zero-order valence-corrected chi connectivity index (χ0v) is 17.8. The van der Waals surface area contributed by atoms with Crippen LogP contribution in [0.1, 0.15) is 51.7 Å². The Morgan fingerprint density at radius 3 is 2.68 bits per heavy atom. The summed E-state index contributed by atoms with van der Waals surface area (Å²) in [6.45, 7) is 8.77. The van der Waals surface area contributed by atoms with Crippen LogP contribution >= 0.6 is 35.4 Å². The van der Waals surface area contributed by atoms with Crippen LogP contribution in [-0.2, 0) is 12.0 Å². The van der Waals surface area contributed by atoms with Crippen LogP contribution in [0.3, 0.4) is 0 Å². The van der Waals surface area contributed by atoms with E-state index in [9.17, 15) is 0 Å². The molecule has 0 aliphatic heterocycles. The maximum Gasteiger partial charge on any atom is 0.139 e. The van der Waals surface area contributed by atoms with Crippen LogP contribution < -0.4 is 9.41 Å². The maximum atomic E-state index is 6.13. The monoisotopic (exact) mass is 396 g/mol. The zero-order chi connectivity index (χ0) is 18.6. The van der Waals surface area contributed by atoms with Gasteiger partial charge in [-0.15, -0.1) is 0 Å². The molecule has 0 spiro atoms. The molecule has 3 nitrogen and oxygen atoms in total. The van der Waals surface area contributed by atoms with Gasteiger partial charge < -0.3 is 4.74 Å². The molecule has 136 valence electrons. The van der Waals surface area contributed by atoms with Gasteiger partial charge in [-0.2, -0.15) is 0 Å². The van der Waals surface area contributed by atoms with Crippen LogP contribution in [0, 0.1) is 0 Å². The molecule has 0 saturated heterocycles. The second-order valence-corrected chi connectivity index (χ2v) is 8.70. The van der Waals surface area contributed by atoms with Gasteiger partial charge in [0.1, 0.15) is 15.4 Å². The van der Waals surface area contributed by atoms with Crippen LogP contribution in [0.2, 0.25) is 5.02 Å². The van der Waals surface area contributed by atoms with E-state index in [2.05, 4.69) is 37.8 Å². The van der Waals surface area contributed by atoms with Crippen molar-refractivity contribution in [2.75, 3.05) is 7.11 Å². The van der Waals surface area contributed by atoms with Crippen molar-refractivity contribution >= 4 is 40.3 Å². The fraction of sp³-hybridized carbons (Fsp3) is 0.474. The SMILES string of the molecule is CCCCc1cn(C(C)(C)C)sc1=NC(=S)c1cc(Cl)ccc1OC. The van der Waals surface area contributed by atoms with E-state index in [1.807, 2.05) is 12.1 Å². The van der Waals surface area contributed by atoms with Crippen LogP contribution in [0.15, 0.2) is 29.4 Å². The third-order valence-electron chi connectivity index (χ3n) is 3.79. The lowest BCUT2D eigenvalue weighted by atomic mass is 10.1. The van der Waals surface area contributed by atoms with Gasteiger partial charge in [-0.25, -0.2) is 4.99 Å². The molecular weight excluding hydrogens is 372 g/mol. The predicted molar refractivity (Wildman–Crippen MR) is 111 cm³/mol. The van der Waals surface area contributed by atoms with Crippen LogP contribution in [-0.4, -0.2) is 16.1 Å². The summed E-state index contributed by atoms with van der Waals surface area (Å²) in [6.07, 6.45) is 5.50. The normalized spacial score (nSPS) is 12.5. The number of benzene rings is 1. The highest BCUT2D eigenvalue weighted by atomic mass is 35.5. The lowest BCUT2D eigenvalue weighted by Crippen LogP contribution is -2.18. The highest BCUT2D eigenvalue weighted by Gasteiger charge is 2.16. The fourth-order valence-corrected chi connectivity index (χ4v) is 3.86. The number of ether oxygens (including phenoxy) is 1. The molecule has 0 aliphatic carbocycles. The highest BCUT2D eigenvalue weighted by molar-refractivity contribution is 7.80. The Kier molecular flexibility index (Phi) is 6.83. The maximum absolute atomic E-state index is 6.13. The van der Waals surface area contributed by atoms with Crippen molar-refractivity contribution in [2.24, 2.45) is 4.99 Å². The van der Waals surface area contributed by atoms with Gasteiger partial charge in [0.15, 0.2) is 0 Å². The van der Waals surface area contributed by atoms with Crippen molar-refractivity contribution in [3.05, 3.63) is 45.2 Å². The van der Waals surface area contributed by atoms with Crippen LogP contribution in [0.25, 0.3) is 0 Å². The van der Waals surface area contributed by atoms with E-state index < -0.39 is 0 Å². The first-order valence-electron chi connectivity index (χ1n) is 8.41. The third-order valence-corrected chi connectivity index (χ3v) is 5.71. The van der Waals surface area contributed by atoms with E-state index >= 15 is 0 Å². The first-order chi connectivity index (χ1) is 11.8. The number of thiocarbonyl (C=S) groups is 1. The Hall–Kier alpha value is -1.17. The van der Waals surface area contributed by atoms with Gasteiger partial charge >= 0.3 is 0 Å². The summed E-state index contributed by atoms with van der Waals surface area (Å²) in [5, 5.41) is 0.621. The lowest BCUT2D eigenvalue weighted by molar-refractivity contribution is 0.414. The third kappa shape index (κ3) is 5.16. The van der Waals surface area contributed by atoms with Gasteiger partial charge in [-0.05, 0) is 63.3 Å². The summed E-state index contributed by atoms with van der Waals surface area (Å²) in [5.74, 6) is 0.688. The molecule has 1 aromatic heterocycles. The largest absolute Gasteiger partial charge is 0.496 e. The number of rotatable bonds is 5. The lowest BCUT2D eigenvalue weighted by Gasteiger charge is -2.19. The van der Waals surface area contributed by atoms with Gasteiger partial charge in [-0.3, -0.25) is 3.96 Å². The number of hydrogen-bond acceptors (Lipinski definition) is 3. The second-order valence-electron chi connectivity index (χ2n) is 6.91. The van der Waals surface area contributed by atoms with Gasteiger partial charge in [-0.1, -0.05) is 37.2 Å². The van der Waals surface area contributed by atoms with E-state index in [1.54, 1.807) is 24.7 Å². The standard InChI is InChI=1S/C19H25ClN2OS2/c1-6-7-8-13-12-22(19(2,3)4)25-18(13)21-17(24)15-11-14(20)9-10-16(15)23-5/h9-12H,6-8H2,1-5H3. The van der Waals surface area contributed by atoms with Crippen molar-refractivity contribution in [1.29, 1.82) is 0 Å². The number of unbranched alkanes of at least 4 members (excludes halogenated alkanes) is 1. The minimum absolute atomic E-state index is 0.0226. The molecule has 0 amide bonds. The molecule has 1 heterocycles. The average molecular weight is 397 g/mol. The topological polar surface area (TPSA) is 26.5 Å². The number of nitrogens with zero attached hydrogens (tertiary/aromatic N) is 2. The minimum atomic E-state index is 0.0226. The molecule has 6 heteroatoms.